The van der Waals surface area contributed by atoms with E-state index in [1.54, 1.807) is 0 Å². The van der Waals surface area contributed by atoms with Gasteiger partial charge in [-0.2, -0.15) is 0 Å². The van der Waals surface area contributed by atoms with Crippen LogP contribution in [0.25, 0.3) is 0 Å². The van der Waals surface area contributed by atoms with Crippen molar-refractivity contribution in [1.29, 1.82) is 0 Å². The van der Waals surface area contributed by atoms with E-state index in [1.165, 1.54) is 5.56 Å². The highest BCUT2D eigenvalue weighted by Gasteiger charge is 2.03. The average molecular weight is 360 g/mol. The number of hydrogen-bond donors (Lipinski definition) is 2. The van der Waals surface area contributed by atoms with Crippen molar-refractivity contribution in [2.45, 2.75) is 19.6 Å². The molecule has 0 aliphatic rings. The summed E-state index contributed by atoms with van der Waals surface area (Å²) in [5, 5.41) is 6.19. The Morgan fingerprint density at radius 3 is 2.07 bits per heavy atom. The number of amides is 1. The van der Waals surface area contributed by atoms with Crippen LogP contribution in [0.15, 0.2) is 84.9 Å². The van der Waals surface area contributed by atoms with Gasteiger partial charge in [0.05, 0.1) is 0 Å². The van der Waals surface area contributed by atoms with Gasteiger partial charge in [0.25, 0.3) is 0 Å². The minimum atomic E-state index is -0.00600. The molecule has 0 spiro atoms. The van der Waals surface area contributed by atoms with Crippen molar-refractivity contribution < 1.29 is 9.53 Å². The second-order valence-corrected chi connectivity index (χ2v) is 6.26. The molecule has 0 bridgehead atoms. The van der Waals surface area contributed by atoms with E-state index in [0.717, 1.165) is 23.5 Å². The minimum absolute atomic E-state index is 0.00600. The third-order valence-electron chi connectivity index (χ3n) is 4.09. The molecule has 0 saturated heterocycles. The first-order valence-electron chi connectivity index (χ1n) is 9.11. The Hall–Kier alpha value is -3.11. The summed E-state index contributed by atoms with van der Waals surface area (Å²) in [5.41, 5.74) is 3.11. The zero-order valence-electron chi connectivity index (χ0n) is 15.2. The zero-order valence-corrected chi connectivity index (χ0v) is 15.2. The van der Waals surface area contributed by atoms with Gasteiger partial charge in [0.2, 0.25) is 5.91 Å². The third-order valence-corrected chi connectivity index (χ3v) is 4.09. The fraction of sp³-hybridized carbons (Fsp3) is 0.174. The Balaban J connectivity index is 1.36. The van der Waals surface area contributed by atoms with Gasteiger partial charge in [-0.25, -0.2) is 0 Å². The van der Waals surface area contributed by atoms with Crippen molar-refractivity contribution in [3.05, 3.63) is 96.1 Å². The Bertz CT molecular complexity index is 818. The van der Waals surface area contributed by atoms with E-state index >= 15 is 0 Å². The van der Waals surface area contributed by atoms with Crippen LogP contribution in [0.3, 0.4) is 0 Å². The van der Waals surface area contributed by atoms with Gasteiger partial charge >= 0.3 is 0 Å². The number of rotatable bonds is 9. The van der Waals surface area contributed by atoms with Gasteiger partial charge < -0.3 is 15.4 Å². The largest absolute Gasteiger partial charge is 0.489 e. The quantitative estimate of drug-likeness (QED) is 0.557. The highest BCUT2D eigenvalue weighted by atomic mass is 16.5. The molecule has 2 N–H and O–H groups in total. The Kier molecular flexibility index (Phi) is 7.01. The van der Waals surface area contributed by atoms with Crippen molar-refractivity contribution in [2.75, 3.05) is 11.9 Å². The van der Waals surface area contributed by atoms with Crippen LogP contribution in [-0.4, -0.2) is 12.5 Å². The predicted molar refractivity (Wildman–Crippen MR) is 109 cm³/mol. The average Bonchev–Trinajstić information content (AvgIpc) is 2.72. The number of anilines is 1. The van der Waals surface area contributed by atoms with Crippen LogP contribution in [0.1, 0.15) is 17.5 Å². The molecule has 0 aromatic heterocycles. The van der Waals surface area contributed by atoms with E-state index in [9.17, 15) is 4.79 Å². The first-order valence-corrected chi connectivity index (χ1v) is 9.11. The lowest BCUT2D eigenvalue weighted by atomic mass is 10.2. The van der Waals surface area contributed by atoms with E-state index < -0.39 is 0 Å². The van der Waals surface area contributed by atoms with Crippen LogP contribution in [0.4, 0.5) is 5.69 Å². The number of carbonyl (C=O) groups excluding carboxylic acids is 1. The lowest BCUT2D eigenvalue weighted by molar-refractivity contribution is -0.116. The van der Waals surface area contributed by atoms with Crippen molar-refractivity contribution in [3.8, 4) is 5.75 Å². The van der Waals surface area contributed by atoms with Gasteiger partial charge in [-0.3, -0.25) is 4.79 Å². The number of nitrogens with one attached hydrogen (secondary N) is 2. The van der Waals surface area contributed by atoms with Crippen LogP contribution >= 0.6 is 0 Å². The molecule has 4 nitrogen and oxygen atoms in total. The highest BCUT2D eigenvalue weighted by molar-refractivity contribution is 5.90. The van der Waals surface area contributed by atoms with Crippen molar-refractivity contribution in [2.24, 2.45) is 0 Å². The first kappa shape index (κ1) is 18.7. The molecule has 0 fully saturated rings. The fourth-order valence-corrected chi connectivity index (χ4v) is 2.63. The topological polar surface area (TPSA) is 50.4 Å². The van der Waals surface area contributed by atoms with E-state index in [4.69, 9.17) is 4.74 Å². The van der Waals surface area contributed by atoms with Gasteiger partial charge in [-0.05, 0) is 35.4 Å². The molecule has 27 heavy (non-hydrogen) atoms. The van der Waals surface area contributed by atoms with E-state index in [0.29, 0.717) is 19.6 Å². The molecule has 0 heterocycles. The fourth-order valence-electron chi connectivity index (χ4n) is 2.63. The zero-order chi connectivity index (χ0) is 18.7. The summed E-state index contributed by atoms with van der Waals surface area (Å²) in [4.78, 5) is 12.0. The van der Waals surface area contributed by atoms with E-state index in [-0.39, 0.29) is 5.91 Å². The summed E-state index contributed by atoms with van der Waals surface area (Å²) in [5.74, 6) is 0.773. The SMILES string of the molecule is O=C(CCNCc1ccccc1)Nc1ccc(OCc2ccccc2)cc1. The van der Waals surface area contributed by atoms with Gasteiger partial charge in [0, 0.05) is 25.2 Å². The summed E-state index contributed by atoms with van der Waals surface area (Å²) in [6.07, 6.45) is 0.430. The summed E-state index contributed by atoms with van der Waals surface area (Å²) in [6, 6.07) is 27.6. The first-order chi connectivity index (χ1) is 13.3. The highest BCUT2D eigenvalue weighted by Crippen LogP contribution is 2.17. The molecule has 4 heteroatoms. The summed E-state index contributed by atoms with van der Waals surface area (Å²) in [6.45, 7) is 1.93. The second-order valence-electron chi connectivity index (χ2n) is 6.26. The number of benzene rings is 3. The van der Waals surface area contributed by atoms with Crippen molar-refractivity contribution in [3.63, 3.8) is 0 Å². The van der Waals surface area contributed by atoms with Gasteiger partial charge in [-0.1, -0.05) is 60.7 Å². The van der Waals surface area contributed by atoms with Crippen LogP contribution in [0.5, 0.6) is 5.75 Å². The smallest absolute Gasteiger partial charge is 0.225 e. The molecule has 0 aliphatic carbocycles. The molecule has 3 rings (SSSR count). The molecule has 1 amide bonds. The van der Waals surface area contributed by atoms with Gasteiger partial charge in [0.15, 0.2) is 0 Å². The van der Waals surface area contributed by atoms with Crippen LogP contribution < -0.4 is 15.4 Å². The molecule has 0 radical (unpaired) electrons. The Morgan fingerprint density at radius 1 is 0.778 bits per heavy atom. The molecule has 3 aromatic rings. The molecule has 0 atom stereocenters. The monoisotopic (exact) mass is 360 g/mol. The molecule has 0 aliphatic heterocycles. The lowest BCUT2D eigenvalue weighted by Crippen LogP contribution is -2.21. The minimum Gasteiger partial charge on any atom is -0.489 e. The second kappa shape index (κ2) is 10.1. The standard InChI is InChI=1S/C23H24N2O2/c26-23(15-16-24-17-19-7-3-1-4-8-19)25-21-11-13-22(14-12-21)27-18-20-9-5-2-6-10-20/h1-14,24H,15-18H2,(H,25,26). The summed E-state index contributed by atoms with van der Waals surface area (Å²) < 4.78 is 5.75. The number of carbonyl (C=O) groups is 1. The maximum absolute atomic E-state index is 12.0. The lowest BCUT2D eigenvalue weighted by Gasteiger charge is -2.09. The van der Waals surface area contributed by atoms with E-state index in [1.807, 2.05) is 72.8 Å². The molecule has 138 valence electrons. The molecule has 3 aromatic carbocycles. The molecular formula is C23H24N2O2. The predicted octanol–water partition coefficient (Wildman–Crippen LogP) is 4.38. The van der Waals surface area contributed by atoms with Gasteiger partial charge in [0.1, 0.15) is 12.4 Å². The summed E-state index contributed by atoms with van der Waals surface area (Å²) in [7, 11) is 0. The summed E-state index contributed by atoms with van der Waals surface area (Å²) >= 11 is 0. The Morgan fingerprint density at radius 2 is 1.41 bits per heavy atom. The van der Waals surface area contributed by atoms with Crippen LogP contribution in [0, 0.1) is 0 Å². The van der Waals surface area contributed by atoms with Crippen LogP contribution in [0.2, 0.25) is 0 Å². The normalized spacial score (nSPS) is 10.4. The van der Waals surface area contributed by atoms with Crippen molar-refractivity contribution >= 4 is 11.6 Å². The maximum Gasteiger partial charge on any atom is 0.225 e. The van der Waals surface area contributed by atoms with Crippen LogP contribution in [-0.2, 0) is 17.9 Å². The van der Waals surface area contributed by atoms with Gasteiger partial charge in [-0.15, -0.1) is 0 Å². The maximum atomic E-state index is 12.0. The number of ether oxygens (including phenoxy) is 1. The molecular weight excluding hydrogens is 336 g/mol. The number of hydrogen-bond acceptors (Lipinski definition) is 3. The molecule has 0 unspecified atom stereocenters. The molecule has 0 saturated carbocycles. The Labute approximate surface area is 160 Å². The van der Waals surface area contributed by atoms with Crippen molar-refractivity contribution in [1.82, 2.24) is 5.32 Å². The van der Waals surface area contributed by atoms with E-state index in [2.05, 4.69) is 22.8 Å². The third kappa shape index (κ3) is 6.60.